The lowest BCUT2D eigenvalue weighted by Gasteiger charge is -2.27. The summed E-state index contributed by atoms with van der Waals surface area (Å²) in [7, 11) is 1.77. The van der Waals surface area contributed by atoms with Gasteiger partial charge in [-0.2, -0.15) is 0 Å². The van der Waals surface area contributed by atoms with Crippen LogP contribution >= 0.6 is 0 Å². The quantitative estimate of drug-likeness (QED) is 0.858. The molecule has 0 spiro atoms. The Hall–Kier alpha value is -1.02. The number of methoxy groups -OCH3 is 1. The van der Waals surface area contributed by atoms with Crippen molar-refractivity contribution in [3.05, 3.63) is 29.8 Å². The first-order valence-electron chi connectivity index (χ1n) is 7.19. The van der Waals surface area contributed by atoms with Gasteiger partial charge in [0.05, 0.1) is 7.11 Å². The van der Waals surface area contributed by atoms with E-state index in [-0.39, 0.29) is 0 Å². The van der Waals surface area contributed by atoms with E-state index in [9.17, 15) is 0 Å². The fourth-order valence-electron chi connectivity index (χ4n) is 3.71. The number of rotatable bonds is 5. The van der Waals surface area contributed by atoms with Crippen LogP contribution in [0.25, 0.3) is 0 Å². The maximum absolute atomic E-state index is 5.53. The van der Waals surface area contributed by atoms with E-state index in [1.165, 1.54) is 24.8 Å². The van der Waals surface area contributed by atoms with Crippen molar-refractivity contribution in [2.45, 2.75) is 32.2 Å². The van der Waals surface area contributed by atoms with Gasteiger partial charge in [-0.25, -0.2) is 0 Å². The lowest BCUT2D eigenvalue weighted by molar-refractivity contribution is 0.330. The largest absolute Gasteiger partial charge is 0.496 e. The molecular weight excluding hydrogens is 222 g/mol. The highest BCUT2D eigenvalue weighted by Crippen LogP contribution is 2.57. The van der Waals surface area contributed by atoms with Crippen LogP contribution in [0.1, 0.15) is 37.8 Å². The third-order valence-corrected chi connectivity index (χ3v) is 4.65. The maximum Gasteiger partial charge on any atom is 0.123 e. The lowest BCUT2D eigenvalue weighted by Crippen LogP contribution is -2.28. The first-order valence-corrected chi connectivity index (χ1v) is 7.19. The van der Waals surface area contributed by atoms with Gasteiger partial charge in [-0.05, 0) is 49.6 Å². The van der Waals surface area contributed by atoms with Crippen molar-refractivity contribution in [1.29, 1.82) is 0 Å². The second-order valence-corrected chi connectivity index (χ2v) is 5.76. The smallest absolute Gasteiger partial charge is 0.123 e. The first-order chi connectivity index (χ1) is 8.83. The number of fused-ring (bicyclic) bond motifs is 1. The van der Waals surface area contributed by atoms with Crippen LogP contribution in [0, 0.1) is 17.8 Å². The Morgan fingerprint density at radius 2 is 1.94 bits per heavy atom. The Morgan fingerprint density at radius 3 is 2.61 bits per heavy atom. The Balaban J connectivity index is 1.83. The van der Waals surface area contributed by atoms with Gasteiger partial charge in [0.1, 0.15) is 5.75 Å². The van der Waals surface area contributed by atoms with E-state index in [1.54, 1.807) is 7.11 Å². The molecule has 2 heteroatoms. The van der Waals surface area contributed by atoms with Crippen LogP contribution in [-0.2, 0) is 0 Å². The summed E-state index contributed by atoms with van der Waals surface area (Å²) in [6, 6.07) is 8.94. The second kappa shape index (κ2) is 4.93. The Bertz CT molecular complexity index is 407. The molecule has 0 amide bonds. The molecule has 2 fully saturated rings. The summed E-state index contributed by atoms with van der Waals surface area (Å²) >= 11 is 0. The summed E-state index contributed by atoms with van der Waals surface area (Å²) in [5.74, 6) is 3.89. The zero-order valence-electron chi connectivity index (χ0n) is 11.4. The van der Waals surface area contributed by atoms with Crippen LogP contribution in [0.5, 0.6) is 5.75 Å². The van der Waals surface area contributed by atoms with E-state index in [4.69, 9.17) is 4.74 Å². The molecule has 2 aliphatic carbocycles. The van der Waals surface area contributed by atoms with Crippen molar-refractivity contribution in [2.24, 2.45) is 17.8 Å². The zero-order valence-corrected chi connectivity index (χ0v) is 11.4. The molecular formula is C16H23NO. The zero-order chi connectivity index (χ0) is 12.5. The molecule has 3 unspecified atom stereocenters. The first kappa shape index (κ1) is 12.0. The van der Waals surface area contributed by atoms with Crippen LogP contribution in [0.3, 0.4) is 0 Å². The van der Waals surface area contributed by atoms with Crippen molar-refractivity contribution < 1.29 is 4.74 Å². The Labute approximate surface area is 110 Å². The highest BCUT2D eigenvalue weighted by molar-refractivity contribution is 5.36. The predicted molar refractivity (Wildman–Crippen MR) is 73.7 cm³/mol. The molecule has 18 heavy (non-hydrogen) atoms. The van der Waals surface area contributed by atoms with E-state index >= 15 is 0 Å². The summed E-state index contributed by atoms with van der Waals surface area (Å²) in [5, 5.41) is 3.68. The summed E-state index contributed by atoms with van der Waals surface area (Å²) in [6.07, 6.45) is 4.29. The van der Waals surface area contributed by atoms with Gasteiger partial charge in [-0.3, -0.25) is 0 Å². The van der Waals surface area contributed by atoms with Crippen LogP contribution in [0.15, 0.2) is 24.3 Å². The molecule has 3 rings (SSSR count). The fraction of sp³-hybridized carbons (Fsp3) is 0.625. The molecule has 1 N–H and O–H groups in total. The van der Waals surface area contributed by atoms with E-state index in [0.717, 1.165) is 30.0 Å². The molecule has 98 valence electrons. The van der Waals surface area contributed by atoms with Gasteiger partial charge in [-0.15, -0.1) is 0 Å². The van der Waals surface area contributed by atoms with Gasteiger partial charge in [0.25, 0.3) is 0 Å². The summed E-state index contributed by atoms with van der Waals surface area (Å²) in [5.41, 5.74) is 1.34. The van der Waals surface area contributed by atoms with E-state index in [2.05, 4.69) is 36.5 Å². The van der Waals surface area contributed by atoms with Crippen LogP contribution in [0.4, 0.5) is 0 Å². The summed E-state index contributed by atoms with van der Waals surface area (Å²) in [4.78, 5) is 0. The van der Waals surface area contributed by atoms with E-state index in [1.807, 2.05) is 0 Å². The number of ether oxygens (including phenoxy) is 1. The normalized spacial score (nSPS) is 30.9. The minimum atomic E-state index is 0.471. The van der Waals surface area contributed by atoms with Crippen molar-refractivity contribution >= 4 is 0 Å². The van der Waals surface area contributed by atoms with E-state index in [0.29, 0.717) is 6.04 Å². The van der Waals surface area contributed by atoms with Gasteiger partial charge in [0.2, 0.25) is 0 Å². The van der Waals surface area contributed by atoms with Crippen molar-refractivity contribution in [3.8, 4) is 5.75 Å². The van der Waals surface area contributed by atoms with Crippen molar-refractivity contribution in [3.63, 3.8) is 0 Å². The molecule has 0 aromatic heterocycles. The highest BCUT2D eigenvalue weighted by Gasteiger charge is 2.48. The molecule has 1 aromatic rings. The molecule has 3 atom stereocenters. The highest BCUT2D eigenvalue weighted by atomic mass is 16.5. The predicted octanol–water partition coefficient (Wildman–Crippen LogP) is 3.39. The SMILES string of the molecule is CCNC(c1ccccc1OC)C1CC2CC2C1. The molecule has 0 aliphatic heterocycles. The number of para-hydroxylation sites is 1. The third kappa shape index (κ3) is 2.14. The maximum atomic E-state index is 5.53. The standard InChI is InChI=1S/C16H23NO/c1-3-17-16(13-9-11-8-12(11)10-13)14-6-4-5-7-15(14)18-2/h4-7,11-13,16-17H,3,8-10H2,1-2H3. The number of nitrogens with one attached hydrogen (secondary N) is 1. The molecule has 2 nitrogen and oxygen atoms in total. The average Bonchev–Trinajstić information content (AvgIpc) is 3.03. The van der Waals surface area contributed by atoms with Gasteiger partial charge in [0, 0.05) is 11.6 Å². The van der Waals surface area contributed by atoms with Crippen LogP contribution < -0.4 is 10.1 Å². The van der Waals surface area contributed by atoms with Crippen LogP contribution in [0.2, 0.25) is 0 Å². The minimum Gasteiger partial charge on any atom is -0.496 e. The van der Waals surface area contributed by atoms with E-state index < -0.39 is 0 Å². The van der Waals surface area contributed by atoms with Crippen molar-refractivity contribution in [2.75, 3.05) is 13.7 Å². The van der Waals surface area contributed by atoms with Crippen LogP contribution in [-0.4, -0.2) is 13.7 Å². The van der Waals surface area contributed by atoms with Crippen molar-refractivity contribution in [1.82, 2.24) is 5.32 Å². The molecule has 0 heterocycles. The molecule has 2 aliphatic rings. The number of hydrogen-bond acceptors (Lipinski definition) is 2. The molecule has 0 bridgehead atoms. The Kier molecular flexibility index (Phi) is 3.29. The topological polar surface area (TPSA) is 21.3 Å². The average molecular weight is 245 g/mol. The van der Waals surface area contributed by atoms with Gasteiger partial charge < -0.3 is 10.1 Å². The molecule has 0 saturated heterocycles. The minimum absolute atomic E-state index is 0.471. The fourth-order valence-corrected chi connectivity index (χ4v) is 3.71. The lowest BCUT2D eigenvalue weighted by atomic mass is 9.88. The molecule has 1 aromatic carbocycles. The summed E-state index contributed by atoms with van der Waals surface area (Å²) in [6.45, 7) is 3.21. The van der Waals surface area contributed by atoms with Gasteiger partial charge >= 0.3 is 0 Å². The molecule has 2 saturated carbocycles. The summed E-state index contributed by atoms with van der Waals surface area (Å²) < 4.78 is 5.53. The number of benzene rings is 1. The Morgan fingerprint density at radius 1 is 1.22 bits per heavy atom. The van der Waals surface area contributed by atoms with Gasteiger partial charge in [-0.1, -0.05) is 25.1 Å². The monoisotopic (exact) mass is 245 g/mol. The number of hydrogen-bond donors (Lipinski definition) is 1. The second-order valence-electron chi connectivity index (χ2n) is 5.76. The molecule has 0 radical (unpaired) electrons. The third-order valence-electron chi connectivity index (χ3n) is 4.65. The van der Waals surface area contributed by atoms with Gasteiger partial charge in [0.15, 0.2) is 0 Å².